The lowest BCUT2D eigenvalue weighted by molar-refractivity contribution is -0.141. The summed E-state index contributed by atoms with van der Waals surface area (Å²) < 4.78 is 31.8. The lowest BCUT2D eigenvalue weighted by atomic mass is 9.96. The van der Waals surface area contributed by atoms with Crippen LogP contribution < -0.4 is 5.32 Å². The standard InChI is InChI=1S/C22H24F2N2O3/c1-29-21(27)12-25-22(28)17-6-3-9-26(14-17)13-15-4-2-5-16(10-15)19-8-7-18(23)11-20(19)24/h2,4-5,7-8,10-11,17H,3,6,9,12-14H2,1H3,(H,25,28). The van der Waals surface area contributed by atoms with Crippen molar-refractivity contribution in [3.05, 3.63) is 59.7 Å². The molecule has 0 saturated carbocycles. The van der Waals surface area contributed by atoms with E-state index in [0.717, 1.165) is 31.0 Å². The molecule has 154 valence electrons. The molecule has 2 aromatic carbocycles. The van der Waals surface area contributed by atoms with Crippen molar-refractivity contribution in [3.8, 4) is 11.1 Å². The Morgan fingerprint density at radius 2 is 2.03 bits per heavy atom. The van der Waals surface area contributed by atoms with Gasteiger partial charge in [0.05, 0.1) is 13.0 Å². The van der Waals surface area contributed by atoms with Crippen molar-refractivity contribution in [1.82, 2.24) is 10.2 Å². The Morgan fingerprint density at radius 1 is 1.21 bits per heavy atom. The van der Waals surface area contributed by atoms with Crippen molar-refractivity contribution in [2.75, 3.05) is 26.7 Å². The molecule has 0 aromatic heterocycles. The Balaban J connectivity index is 1.64. The molecule has 0 aliphatic carbocycles. The van der Waals surface area contributed by atoms with E-state index >= 15 is 0 Å². The topological polar surface area (TPSA) is 58.6 Å². The van der Waals surface area contributed by atoms with E-state index in [2.05, 4.69) is 15.0 Å². The summed E-state index contributed by atoms with van der Waals surface area (Å²) in [7, 11) is 1.28. The first kappa shape index (κ1) is 20.9. The fourth-order valence-corrected chi connectivity index (χ4v) is 3.61. The van der Waals surface area contributed by atoms with Crippen LogP contribution in [-0.4, -0.2) is 43.5 Å². The molecule has 3 rings (SSSR count). The van der Waals surface area contributed by atoms with Gasteiger partial charge in [-0.05, 0) is 48.7 Å². The van der Waals surface area contributed by atoms with Gasteiger partial charge in [-0.25, -0.2) is 8.78 Å². The van der Waals surface area contributed by atoms with Gasteiger partial charge in [-0.1, -0.05) is 18.2 Å². The molecule has 1 unspecified atom stereocenters. The number of nitrogens with zero attached hydrogens (tertiary/aromatic N) is 1. The molecule has 29 heavy (non-hydrogen) atoms. The number of piperidine rings is 1. The minimum absolute atomic E-state index is 0.128. The molecule has 0 spiro atoms. The average molecular weight is 402 g/mol. The monoisotopic (exact) mass is 402 g/mol. The predicted octanol–water partition coefficient (Wildman–Crippen LogP) is 3.13. The summed E-state index contributed by atoms with van der Waals surface area (Å²) in [5.41, 5.74) is 2.03. The van der Waals surface area contributed by atoms with Crippen LogP contribution in [0.3, 0.4) is 0 Å². The number of halogens is 2. The van der Waals surface area contributed by atoms with Crippen molar-refractivity contribution in [2.24, 2.45) is 5.92 Å². The van der Waals surface area contributed by atoms with Crippen LogP contribution in [0.5, 0.6) is 0 Å². The highest BCUT2D eigenvalue weighted by Gasteiger charge is 2.26. The van der Waals surface area contributed by atoms with Crippen molar-refractivity contribution in [2.45, 2.75) is 19.4 Å². The van der Waals surface area contributed by atoms with Gasteiger partial charge in [0.2, 0.25) is 5.91 Å². The lowest BCUT2D eigenvalue weighted by Gasteiger charge is -2.32. The SMILES string of the molecule is COC(=O)CNC(=O)C1CCCN(Cc2cccc(-c3ccc(F)cc3F)c2)C1. The number of carbonyl (C=O) groups is 2. The number of amides is 1. The zero-order valence-electron chi connectivity index (χ0n) is 16.3. The van der Waals surface area contributed by atoms with E-state index in [1.165, 1.54) is 19.2 Å². The molecule has 1 aliphatic rings. The molecule has 1 saturated heterocycles. The Bertz CT molecular complexity index is 888. The maximum absolute atomic E-state index is 14.1. The van der Waals surface area contributed by atoms with Crippen LogP contribution in [-0.2, 0) is 20.9 Å². The summed E-state index contributed by atoms with van der Waals surface area (Å²) in [5.74, 6) is -2.01. The average Bonchev–Trinajstić information content (AvgIpc) is 2.72. The first-order valence-corrected chi connectivity index (χ1v) is 9.57. The second-order valence-electron chi connectivity index (χ2n) is 7.19. The molecule has 2 aromatic rings. The predicted molar refractivity (Wildman–Crippen MR) is 105 cm³/mol. The van der Waals surface area contributed by atoms with Gasteiger partial charge in [-0.3, -0.25) is 14.5 Å². The van der Waals surface area contributed by atoms with Gasteiger partial charge in [-0.15, -0.1) is 0 Å². The van der Waals surface area contributed by atoms with Crippen LogP contribution in [0.1, 0.15) is 18.4 Å². The third-order valence-corrected chi connectivity index (χ3v) is 5.09. The van der Waals surface area contributed by atoms with Crippen molar-refractivity contribution in [3.63, 3.8) is 0 Å². The van der Waals surface area contributed by atoms with Crippen LogP contribution >= 0.6 is 0 Å². The molecule has 1 N–H and O–H groups in total. The number of rotatable bonds is 6. The summed E-state index contributed by atoms with van der Waals surface area (Å²) in [6.45, 7) is 1.94. The van der Waals surface area contributed by atoms with Gasteiger partial charge in [0, 0.05) is 24.7 Å². The third kappa shape index (κ3) is 5.60. The lowest BCUT2D eigenvalue weighted by Crippen LogP contribution is -2.44. The number of likely N-dealkylation sites (tertiary alicyclic amines) is 1. The maximum Gasteiger partial charge on any atom is 0.325 e. The zero-order valence-corrected chi connectivity index (χ0v) is 16.3. The molecule has 5 nitrogen and oxygen atoms in total. The number of carbonyl (C=O) groups excluding carboxylic acids is 2. The highest BCUT2D eigenvalue weighted by Crippen LogP contribution is 2.26. The quantitative estimate of drug-likeness (QED) is 0.755. The Labute approximate surface area is 168 Å². The highest BCUT2D eigenvalue weighted by atomic mass is 19.1. The maximum atomic E-state index is 14.1. The number of ether oxygens (including phenoxy) is 1. The Morgan fingerprint density at radius 3 is 2.79 bits per heavy atom. The van der Waals surface area contributed by atoms with Crippen LogP contribution in [0.25, 0.3) is 11.1 Å². The van der Waals surface area contributed by atoms with E-state index < -0.39 is 17.6 Å². The van der Waals surface area contributed by atoms with Gasteiger partial charge in [0.25, 0.3) is 0 Å². The number of esters is 1. The summed E-state index contributed by atoms with van der Waals surface area (Å²) in [6, 6.07) is 11.0. The van der Waals surface area contributed by atoms with Gasteiger partial charge in [0.1, 0.15) is 18.2 Å². The van der Waals surface area contributed by atoms with E-state index in [9.17, 15) is 18.4 Å². The number of hydrogen-bond acceptors (Lipinski definition) is 4. The van der Waals surface area contributed by atoms with Gasteiger partial charge in [-0.2, -0.15) is 0 Å². The number of hydrogen-bond donors (Lipinski definition) is 1. The number of methoxy groups -OCH3 is 1. The largest absolute Gasteiger partial charge is 0.468 e. The van der Waals surface area contributed by atoms with Crippen molar-refractivity contribution >= 4 is 11.9 Å². The van der Waals surface area contributed by atoms with E-state index in [4.69, 9.17) is 0 Å². The first-order chi connectivity index (χ1) is 14.0. The molecule has 0 bridgehead atoms. The van der Waals surface area contributed by atoms with Gasteiger partial charge >= 0.3 is 5.97 Å². The Hall–Kier alpha value is -2.80. The van der Waals surface area contributed by atoms with Crippen LogP contribution in [0.4, 0.5) is 8.78 Å². The normalized spacial score (nSPS) is 17.0. The minimum Gasteiger partial charge on any atom is -0.468 e. The fourth-order valence-electron chi connectivity index (χ4n) is 3.61. The van der Waals surface area contributed by atoms with Crippen LogP contribution in [0.15, 0.2) is 42.5 Å². The first-order valence-electron chi connectivity index (χ1n) is 9.57. The molecule has 7 heteroatoms. The van der Waals surface area contributed by atoms with Crippen LogP contribution in [0, 0.1) is 17.6 Å². The molecule has 0 radical (unpaired) electrons. The minimum atomic E-state index is -0.604. The summed E-state index contributed by atoms with van der Waals surface area (Å²) in [5, 5.41) is 2.62. The van der Waals surface area contributed by atoms with E-state index in [0.29, 0.717) is 24.2 Å². The molecule has 1 heterocycles. The fraction of sp³-hybridized carbons (Fsp3) is 0.364. The summed E-state index contributed by atoms with van der Waals surface area (Å²) >= 11 is 0. The van der Waals surface area contributed by atoms with Crippen LogP contribution in [0.2, 0.25) is 0 Å². The highest BCUT2D eigenvalue weighted by molar-refractivity contribution is 5.83. The van der Waals surface area contributed by atoms with E-state index in [1.807, 2.05) is 18.2 Å². The summed E-state index contributed by atoms with van der Waals surface area (Å²) in [4.78, 5) is 25.7. The molecule has 1 atom stereocenters. The van der Waals surface area contributed by atoms with Gasteiger partial charge in [0.15, 0.2) is 0 Å². The zero-order chi connectivity index (χ0) is 20.8. The smallest absolute Gasteiger partial charge is 0.325 e. The van der Waals surface area contributed by atoms with Crippen molar-refractivity contribution < 1.29 is 23.1 Å². The molecular weight excluding hydrogens is 378 g/mol. The number of benzene rings is 2. The molecule has 1 aliphatic heterocycles. The second-order valence-corrected chi connectivity index (χ2v) is 7.19. The molecular formula is C22H24F2N2O3. The van der Waals surface area contributed by atoms with Crippen molar-refractivity contribution in [1.29, 1.82) is 0 Å². The van der Waals surface area contributed by atoms with Gasteiger partial charge < -0.3 is 10.1 Å². The van der Waals surface area contributed by atoms with E-state index in [1.54, 1.807) is 6.07 Å². The summed E-state index contributed by atoms with van der Waals surface area (Å²) in [6.07, 6.45) is 1.65. The van der Waals surface area contributed by atoms with E-state index in [-0.39, 0.29) is 18.4 Å². The molecule has 1 amide bonds. The second kappa shape index (κ2) is 9.60. The molecule has 1 fully saturated rings. The third-order valence-electron chi connectivity index (χ3n) is 5.09. The Kier molecular flexibility index (Phi) is 6.93. The number of nitrogens with one attached hydrogen (secondary N) is 1.